The number of ether oxygens (including phenoxy) is 2. The average Bonchev–Trinajstić information content (AvgIpc) is 3.16. The second-order valence-electron chi connectivity index (χ2n) is 6.86. The van der Waals surface area contributed by atoms with Crippen LogP contribution in [0.15, 0.2) is 46.0 Å². The number of furan rings is 1. The maximum atomic E-state index is 5.77. The minimum absolute atomic E-state index is 0. The van der Waals surface area contributed by atoms with E-state index in [-0.39, 0.29) is 24.0 Å². The van der Waals surface area contributed by atoms with E-state index >= 15 is 0 Å². The van der Waals surface area contributed by atoms with Crippen molar-refractivity contribution < 1.29 is 13.9 Å². The fraction of sp³-hybridized carbons (Fsp3) is 0.450. The number of benzene rings is 1. The number of aliphatic imine (C=N–C) groups is 1. The van der Waals surface area contributed by atoms with Crippen molar-refractivity contribution >= 4 is 35.6 Å². The Labute approximate surface area is 176 Å². The maximum Gasteiger partial charge on any atom is 0.196 e. The molecule has 2 unspecified atom stereocenters. The molecule has 0 spiro atoms. The van der Waals surface area contributed by atoms with Gasteiger partial charge in [-0.25, -0.2) is 0 Å². The highest BCUT2D eigenvalue weighted by atomic mass is 127. The van der Waals surface area contributed by atoms with Crippen molar-refractivity contribution in [3.63, 3.8) is 0 Å². The molecule has 2 aromatic rings. The van der Waals surface area contributed by atoms with Gasteiger partial charge in [-0.05, 0) is 36.6 Å². The molecule has 0 saturated heterocycles. The highest BCUT2D eigenvalue weighted by Gasteiger charge is 2.33. The summed E-state index contributed by atoms with van der Waals surface area (Å²) in [6.45, 7) is 4.28. The summed E-state index contributed by atoms with van der Waals surface area (Å²) < 4.78 is 16.8. The van der Waals surface area contributed by atoms with Crippen molar-refractivity contribution in [1.29, 1.82) is 0 Å². The summed E-state index contributed by atoms with van der Waals surface area (Å²) >= 11 is 0. The fourth-order valence-electron chi connectivity index (χ4n) is 2.93. The van der Waals surface area contributed by atoms with Gasteiger partial charge < -0.3 is 24.5 Å². The highest BCUT2D eigenvalue weighted by Crippen LogP contribution is 2.33. The van der Waals surface area contributed by atoms with Crippen molar-refractivity contribution in [1.82, 2.24) is 5.32 Å². The first-order valence-corrected chi connectivity index (χ1v) is 9.28. The van der Waals surface area contributed by atoms with Crippen molar-refractivity contribution in [2.24, 2.45) is 10.9 Å². The molecule has 0 amide bonds. The number of guanidine groups is 1. The molecule has 146 valence electrons. The Morgan fingerprint density at radius 2 is 2.00 bits per heavy atom. The molecule has 4 rings (SSSR count). The van der Waals surface area contributed by atoms with Crippen LogP contribution in [0.25, 0.3) is 0 Å². The number of nitrogens with zero attached hydrogens (tertiary/aromatic N) is 1. The molecule has 2 aliphatic rings. The molecule has 1 aliphatic carbocycles. The monoisotopic (exact) mass is 483 g/mol. The van der Waals surface area contributed by atoms with Gasteiger partial charge >= 0.3 is 0 Å². The molecule has 7 heteroatoms. The first-order valence-electron chi connectivity index (χ1n) is 9.28. The van der Waals surface area contributed by atoms with Crippen molar-refractivity contribution in [3.8, 4) is 11.5 Å². The zero-order valence-electron chi connectivity index (χ0n) is 15.4. The topological polar surface area (TPSA) is 68.0 Å². The molecule has 0 bridgehead atoms. The predicted octanol–water partition coefficient (Wildman–Crippen LogP) is 4.07. The fourth-order valence-corrected chi connectivity index (χ4v) is 2.93. The molecular formula is C20H26IN3O3. The van der Waals surface area contributed by atoms with Crippen molar-refractivity contribution in [2.45, 2.75) is 32.2 Å². The third kappa shape index (κ3) is 5.54. The molecule has 2 N–H and O–H groups in total. The minimum Gasteiger partial charge on any atom is -0.490 e. The lowest BCUT2D eigenvalue weighted by Gasteiger charge is -2.14. The van der Waals surface area contributed by atoms with Gasteiger partial charge in [-0.3, -0.25) is 4.99 Å². The second-order valence-corrected chi connectivity index (χ2v) is 6.86. The quantitative estimate of drug-likeness (QED) is 0.382. The molecular weight excluding hydrogens is 457 g/mol. The van der Waals surface area contributed by atoms with Gasteiger partial charge in [-0.2, -0.15) is 0 Å². The molecule has 1 aromatic heterocycles. The Balaban J connectivity index is 0.00000210. The Hall–Kier alpha value is -1.90. The van der Waals surface area contributed by atoms with Crippen LogP contribution in [0.3, 0.4) is 0 Å². The number of anilines is 1. The van der Waals surface area contributed by atoms with E-state index in [1.165, 1.54) is 6.42 Å². The summed E-state index contributed by atoms with van der Waals surface area (Å²) in [7, 11) is 0. The molecule has 2 heterocycles. The van der Waals surface area contributed by atoms with Gasteiger partial charge in [-0.1, -0.05) is 6.92 Å². The van der Waals surface area contributed by atoms with Crippen LogP contribution < -0.4 is 20.1 Å². The first-order chi connectivity index (χ1) is 12.8. The van der Waals surface area contributed by atoms with Gasteiger partial charge in [0.2, 0.25) is 0 Å². The van der Waals surface area contributed by atoms with Crippen molar-refractivity contribution in [3.05, 3.63) is 42.4 Å². The lowest BCUT2D eigenvalue weighted by atomic mass is 10.2. The molecule has 1 aromatic carbocycles. The van der Waals surface area contributed by atoms with Gasteiger partial charge in [0.25, 0.3) is 0 Å². The van der Waals surface area contributed by atoms with Crippen LogP contribution in [-0.2, 0) is 6.42 Å². The van der Waals surface area contributed by atoms with E-state index < -0.39 is 0 Å². The van der Waals surface area contributed by atoms with Gasteiger partial charge in [0, 0.05) is 37.2 Å². The largest absolute Gasteiger partial charge is 0.490 e. The Morgan fingerprint density at radius 1 is 1.19 bits per heavy atom. The average molecular weight is 483 g/mol. The van der Waals surface area contributed by atoms with Gasteiger partial charge in [0.15, 0.2) is 17.5 Å². The van der Waals surface area contributed by atoms with Gasteiger partial charge in [0.1, 0.15) is 5.76 Å². The zero-order chi connectivity index (χ0) is 17.8. The number of hydrogen-bond donors (Lipinski definition) is 2. The maximum absolute atomic E-state index is 5.77. The van der Waals surface area contributed by atoms with Crippen LogP contribution in [-0.4, -0.2) is 31.8 Å². The third-order valence-electron chi connectivity index (χ3n) is 4.65. The first kappa shape index (κ1) is 19.9. The molecule has 1 aliphatic heterocycles. The SMILES string of the molecule is CC1CC1NC(=NCCc1ccco1)Nc1ccc2c(c1)OCCCO2.I. The number of fused-ring (bicyclic) bond motifs is 1. The van der Waals surface area contributed by atoms with Crippen LogP contribution in [0.2, 0.25) is 0 Å². The van der Waals surface area contributed by atoms with E-state index in [4.69, 9.17) is 18.9 Å². The molecule has 0 radical (unpaired) electrons. The van der Waals surface area contributed by atoms with Gasteiger partial charge in [0.05, 0.1) is 19.5 Å². The zero-order valence-corrected chi connectivity index (χ0v) is 17.8. The Morgan fingerprint density at radius 3 is 2.74 bits per heavy atom. The number of hydrogen-bond acceptors (Lipinski definition) is 4. The van der Waals surface area contributed by atoms with Crippen molar-refractivity contribution in [2.75, 3.05) is 25.1 Å². The summed E-state index contributed by atoms with van der Waals surface area (Å²) in [6.07, 6.45) is 4.55. The minimum atomic E-state index is 0. The number of rotatable bonds is 5. The number of nitrogens with one attached hydrogen (secondary N) is 2. The van der Waals surface area contributed by atoms with Crippen LogP contribution >= 0.6 is 24.0 Å². The molecule has 2 atom stereocenters. The molecule has 1 fully saturated rings. The normalized spacial score (nSPS) is 21.0. The summed E-state index contributed by atoms with van der Waals surface area (Å²) in [5.74, 6) is 4.01. The lowest BCUT2D eigenvalue weighted by Crippen LogP contribution is -2.33. The second kappa shape index (κ2) is 9.34. The van der Waals surface area contributed by atoms with Gasteiger partial charge in [-0.15, -0.1) is 24.0 Å². The van der Waals surface area contributed by atoms with E-state index in [9.17, 15) is 0 Å². The van der Waals surface area contributed by atoms with E-state index in [1.807, 2.05) is 30.3 Å². The molecule has 27 heavy (non-hydrogen) atoms. The Kier molecular flexibility index (Phi) is 6.87. The van der Waals surface area contributed by atoms with Crippen LogP contribution in [0, 0.1) is 5.92 Å². The summed E-state index contributed by atoms with van der Waals surface area (Å²) in [5, 5.41) is 6.89. The summed E-state index contributed by atoms with van der Waals surface area (Å²) in [4.78, 5) is 4.70. The third-order valence-corrected chi connectivity index (χ3v) is 4.65. The number of halogens is 1. The highest BCUT2D eigenvalue weighted by molar-refractivity contribution is 14.0. The van der Waals surface area contributed by atoms with E-state index in [1.54, 1.807) is 6.26 Å². The molecule has 1 saturated carbocycles. The van der Waals surface area contributed by atoms with Crippen LogP contribution in [0.4, 0.5) is 5.69 Å². The smallest absolute Gasteiger partial charge is 0.196 e. The molecule has 6 nitrogen and oxygen atoms in total. The van der Waals surface area contributed by atoms with E-state index in [2.05, 4.69) is 17.6 Å². The lowest BCUT2D eigenvalue weighted by molar-refractivity contribution is 0.297. The predicted molar refractivity (Wildman–Crippen MR) is 117 cm³/mol. The van der Waals surface area contributed by atoms with E-state index in [0.717, 1.165) is 41.7 Å². The summed E-state index contributed by atoms with van der Waals surface area (Å²) in [6, 6.07) is 10.3. The van der Waals surface area contributed by atoms with E-state index in [0.29, 0.717) is 31.7 Å². The standard InChI is InChI=1S/C20H25N3O3.HI/c1-14-12-17(14)23-20(21-8-7-16-4-2-9-24-16)22-15-5-6-18-19(13-15)26-11-3-10-25-18;/h2,4-6,9,13-14,17H,3,7-8,10-12H2,1H3,(H2,21,22,23);1H. The summed E-state index contributed by atoms with van der Waals surface area (Å²) in [5.41, 5.74) is 0.937. The Bertz CT molecular complexity index is 764. The van der Waals surface area contributed by atoms with Crippen LogP contribution in [0.1, 0.15) is 25.5 Å². The van der Waals surface area contributed by atoms with Crippen LogP contribution in [0.5, 0.6) is 11.5 Å².